The van der Waals surface area contributed by atoms with E-state index in [0.717, 1.165) is 0 Å². The van der Waals surface area contributed by atoms with Crippen molar-refractivity contribution in [3.63, 3.8) is 0 Å². The quantitative estimate of drug-likeness (QED) is 0.620. The highest BCUT2D eigenvalue weighted by Gasteiger charge is 2.17. The van der Waals surface area contributed by atoms with E-state index in [1.807, 2.05) is 13.8 Å². The molecule has 0 aromatic carbocycles. The highest BCUT2D eigenvalue weighted by molar-refractivity contribution is 4.71. The van der Waals surface area contributed by atoms with Crippen LogP contribution in [0, 0.1) is 0 Å². The fraction of sp³-hybridized carbons (Fsp3) is 1.00. The Balaban J connectivity index is 2.37. The van der Waals surface area contributed by atoms with Gasteiger partial charge in [0.1, 0.15) is 0 Å². The summed E-state index contributed by atoms with van der Waals surface area (Å²) in [5, 5.41) is 8.53. The normalized spacial score (nSPS) is 21.2. The molecule has 0 saturated heterocycles. The topological polar surface area (TPSA) is 34.0 Å². The molecule has 0 heterocycles. The van der Waals surface area contributed by atoms with Gasteiger partial charge in [0, 0.05) is 7.11 Å². The summed E-state index contributed by atoms with van der Waals surface area (Å²) in [7, 11) is 1.67. The third kappa shape index (κ3) is 3.85. The Bertz CT molecular complexity index is 172. The summed E-state index contributed by atoms with van der Waals surface area (Å²) in [5.41, 5.74) is -0.447. The van der Waals surface area contributed by atoms with Gasteiger partial charge in [0.2, 0.25) is 0 Å². The lowest BCUT2D eigenvalue weighted by atomic mass is 9.96. The van der Waals surface area contributed by atoms with Crippen molar-refractivity contribution in [1.29, 1.82) is 0 Å². The lowest BCUT2D eigenvalue weighted by Gasteiger charge is -2.20. The first kappa shape index (κ1) is 10.6. The lowest BCUT2D eigenvalue weighted by molar-refractivity contribution is 0.0226. The van der Waals surface area contributed by atoms with Crippen LogP contribution in [0.3, 0.4) is 0 Å². The molecular weight excluding hydrogens is 164 g/mol. The van der Waals surface area contributed by atoms with Gasteiger partial charge in [-0.3, -0.25) is 0 Å². The Morgan fingerprint density at radius 2 is 1.77 bits per heavy atom. The van der Waals surface area contributed by atoms with Gasteiger partial charge in [0.05, 0.1) is 6.04 Å². The van der Waals surface area contributed by atoms with Crippen LogP contribution < -0.4 is 0 Å². The Kier molecular flexibility index (Phi) is 3.85. The zero-order valence-electron chi connectivity index (χ0n) is 8.92. The van der Waals surface area contributed by atoms with E-state index in [0.29, 0.717) is 6.04 Å². The molecule has 1 saturated carbocycles. The number of nitrogens with zero attached hydrogens (tertiary/aromatic N) is 2. The molecule has 1 aliphatic carbocycles. The molecule has 3 heteroatoms. The minimum Gasteiger partial charge on any atom is -0.356 e. The fourth-order valence-electron chi connectivity index (χ4n) is 1.46. The standard InChI is InChI=1S/C10H20N2O/c1-10(2,13-3)12-11-9-7-5-4-6-8-9/h9H,4-8H2,1-3H3. The second-order valence-electron chi connectivity index (χ2n) is 4.16. The van der Waals surface area contributed by atoms with Gasteiger partial charge < -0.3 is 4.74 Å². The summed E-state index contributed by atoms with van der Waals surface area (Å²) >= 11 is 0. The summed E-state index contributed by atoms with van der Waals surface area (Å²) < 4.78 is 5.17. The van der Waals surface area contributed by atoms with Gasteiger partial charge in [0.15, 0.2) is 5.72 Å². The maximum absolute atomic E-state index is 5.17. The van der Waals surface area contributed by atoms with Gasteiger partial charge in [-0.1, -0.05) is 19.3 Å². The van der Waals surface area contributed by atoms with Crippen molar-refractivity contribution >= 4 is 0 Å². The molecule has 76 valence electrons. The third-order valence-corrected chi connectivity index (χ3v) is 2.54. The molecule has 0 aromatic heterocycles. The molecule has 0 atom stereocenters. The number of ether oxygens (including phenoxy) is 1. The molecule has 0 amide bonds. The Hall–Kier alpha value is -0.440. The van der Waals surface area contributed by atoms with Crippen LogP contribution in [0.1, 0.15) is 46.0 Å². The first-order valence-electron chi connectivity index (χ1n) is 5.11. The molecule has 0 radical (unpaired) electrons. The Labute approximate surface area is 80.6 Å². The van der Waals surface area contributed by atoms with Gasteiger partial charge >= 0.3 is 0 Å². The van der Waals surface area contributed by atoms with E-state index in [9.17, 15) is 0 Å². The minimum absolute atomic E-state index is 0.447. The number of hydrogen-bond donors (Lipinski definition) is 0. The van der Waals surface area contributed by atoms with Gasteiger partial charge in [-0.25, -0.2) is 0 Å². The van der Waals surface area contributed by atoms with E-state index in [-0.39, 0.29) is 0 Å². The molecule has 0 bridgehead atoms. The van der Waals surface area contributed by atoms with Crippen LogP contribution in [0.5, 0.6) is 0 Å². The van der Waals surface area contributed by atoms with Crippen LogP contribution in [0.2, 0.25) is 0 Å². The van der Waals surface area contributed by atoms with Crippen molar-refractivity contribution in [2.45, 2.75) is 57.7 Å². The predicted molar refractivity (Wildman–Crippen MR) is 52.8 cm³/mol. The van der Waals surface area contributed by atoms with Crippen LogP contribution >= 0.6 is 0 Å². The number of methoxy groups -OCH3 is 1. The molecule has 0 aliphatic heterocycles. The minimum atomic E-state index is -0.447. The second kappa shape index (κ2) is 4.70. The Morgan fingerprint density at radius 3 is 2.31 bits per heavy atom. The van der Waals surface area contributed by atoms with Crippen LogP contribution in [-0.4, -0.2) is 18.9 Å². The molecule has 1 rings (SSSR count). The van der Waals surface area contributed by atoms with E-state index >= 15 is 0 Å². The van der Waals surface area contributed by atoms with Gasteiger partial charge in [-0.15, -0.1) is 0 Å². The van der Waals surface area contributed by atoms with Gasteiger partial charge in [0.25, 0.3) is 0 Å². The molecule has 1 aliphatic rings. The van der Waals surface area contributed by atoms with E-state index in [1.54, 1.807) is 7.11 Å². The number of hydrogen-bond acceptors (Lipinski definition) is 3. The molecule has 0 unspecified atom stereocenters. The smallest absolute Gasteiger partial charge is 0.172 e. The predicted octanol–water partition coefficient (Wildman–Crippen LogP) is 3.15. The van der Waals surface area contributed by atoms with E-state index in [4.69, 9.17) is 4.74 Å². The van der Waals surface area contributed by atoms with Crippen molar-refractivity contribution in [3.8, 4) is 0 Å². The summed E-state index contributed by atoms with van der Waals surface area (Å²) in [4.78, 5) is 0. The number of rotatable bonds is 3. The third-order valence-electron chi connectivity index (χ3n) is 2.54. The summed E-state index contributed by atoms with van der Waals surface area (Å²) in [6.07, 6.45) is 6.36. The molecular formula is C10H20N2O. The average molecular weight is 184 g/mol. The second-order valence-corrected chi connectivity index (χ2v) is 4.16. The van der Waals surface area contributed by atoms with E-state index < -0.39 is 5.72 Å². The monoisotopic (exact) mass is 184 g/mol. The van der Waals surface area contributed by atoms with Crippen molar-refractivity contribution < 1.29 is 4.74 Å². The zero-order valence-corrected chi connectivity index (χ0v) is 8.92. The molecule has 0 aromatic rings. The molecule has 0 N–H and O–H groups in total. The van der Waals surface area contributed by atoms with Crippen molar-refractivity contribution in [2.24, 2.45) is 10.2 Å². The van der Waals surface area contributed by atoms with Gasteiger partial charge in [-0.2, -0.15) is 10.2 Å². The van der Waals surface area contributed by atoms with Crippen LogP contribution in [0.4, 0.5) is 0 Å². The van der Waals surface area contributed by atoms with E-state index in [2.05, 4.69) is 10.2 Å². The van der Waals surface area contributed by atoms with Gasteiger partial charge in [-0.05, 0) is 26.7 Å². The summed E-state index contributed by atoms with van der Waals surface area (Å²) in [6.45, 7) is 3.86. The summed E-state index contributed by atoms with van der Waals surface area (Å²) in [5.74, 6) is 0. The maximum atomic E-state index is 5.17. The lowest BCUT2D eigenvalue weighted by Crippen LogP contribution is -2.19. The molecule has 1 fully saturated rings. The first-order valence-corrected chi connectivity index (χ1v) is 5.11. The largest absolute Gasteiger partial charge is 0.356 e. The highest BCUT2D eigenvalue weighted by atomic mass is 16.5. The fourth-order valence-corrected chi connectivity index (χ4v) is 1.46. The average Bonchev–Trinajstić information content (AvgIpc) is 2.17. The zero-order chi connectivity index (χ0) is 9.73. The number of azo groups is 1. The highest BCUT2D eigenvalue weighted by Crippen LogP contribution is 2.22. The van der Waals surface area contributed by atoms with Crippen molar-refractivity contribution in [3.05, 3.63) is 0 Å². The molecule has 3 nitrogen and oxygen atoms in total. The van der Waals surface area contributed by atoms with Crippen molar-refractivity contribution in [1.82, 2.24) is 0 Å². The molecule has 0 spiro atoms. The van der Waals surface area contributed by atoms with Crippen LogP contribution in [-0.2, 0) is 4.74 Å². The maximum Gasteiger partial charge on any atom is 0.172 e. The van der Waals surface area contributed by atoms with Crippen molar-refractivity contribution in [2.75, 3.05) is 7.11 Å². The van der Waals surface area contributed by atoms with E-state index in [1.165, 1.54) is 32.1 Å². The molecule has 13 heavy (non-hydrogen) atoms. The first-order chi connectivity index (χ1) is 6.14. The Morgan fingerprint density at radius 1 is 1.15 bits per heavy atom. The van der Waals surface area contributed by atoms with Crippen LogP contribution in [0.15, 0.2) is 10.2 Å². The van der Waals surface area contributed by atoms with Crippen LogP contribution in [0.25, 0.3) is 0 Å². The SMILES string of the molecule is COC(C)(C)N=NC1CCCCC1. The summed E-state index contributed by atoms with van der Waals surface area (Å²) in [6, 6.07) is 0.447.